The molecular formula is C15H20BNO3. The lowest BCUT2D eigenvalue weighted by molar-refractivity contribution is 0.0281. The van der Waals surface area contributed by atoms with Gasteiger partial charge >= 0.3 is 7.12 Å². The molecule has 0 aromatic heterocycles. The number of hydrogen-bond donors (Lipinski definition) is 1. The minimum Gasteiger partial charge on any atom is -0.491 e. The Morgan fingerprint density at radius 1 is 1.35 bits per heavy atom. The van der Waals surface area contributed by atoms with Gasteiger partial charge < -0.3 is 19.8 Å². The van der Waals surface area contributed by atoms with Crippen molar-refractivity contribution in [3.63, 3.8) is 0 Å². The maximum atomic E-state index is 6.11. The van der Waals surface area contributed by atoms with Crippen molar-refractivity contribution >= 4 is 12.6 Å². The van der Waals surface area contributed by atoms with Gasteiger partial charge in [0.15, 0.2) is 0 Å². The second-order valence-corrected chi connectivity index (χ2v) is 6.61. The van der Waals surface area contributed by atoms with Gasteiger partial charge in [-0.05, 0) is 49.8 Å². The number of benzene rings is 1. The van der Waals surface area contributed by atoms with Crippen LogP contribution in [0, 0.1) is 0 Å². The first-order valence-corrected chi connectivity index (χ1v) is 7.42. The van der Waals surface area contributed by atoms with Crippen LogP contribution < -0.4 is 15.9 Å². The summed E-state index contributed by atoms with van der Waals surface area (Å²) in [5.41, 5.74) is 9.25. The number of hydrogen-bond acceptors (Lipinski definition) is 4. The maximum absolute atomic E-state index is 6.11. The molecule has 0 saturated heterocycles. The van der Waals surface area contributed by atoms with E-state index in [1.807, 2.05) is 13.8 Å². The topological polar surface area (TPSA) is 53.7 Å². The molecule has 1 aromatic carbocycles. The van der Waals surface area contributed by atoms with Gasteiger partial charge in [0.1, 0.15) is 12.4 Å². The van der Waals surface area contributed by atoms with Crippen LogP contribution in [0.25, 0.3) is 0 Å². The normalized spacial score (nSPS) is 26.9. The van der Waals surface area contributed by atoms with E-state index in [0.29, 0.717) is 19.1 Å². The van der Waals surface area contributed by atoms with Gasteiger partial charge in [-0.25, -0.2) is 0 Å². The van der Waals surface area contributed by atoms with E-state index in [2.05, 4.69) is 12.1 Å². The highest BCUT2D eigenvalue weighted by Crippen LogP contribution is 2.46. The number of rotatable bonds is 2. The van der Waals surface area contributed by atoms with E-state index >= 15 is 0 Å². The van der Waals surface area contributed by atoms with Gasteiger partial charge in [0, 0.05) is 12.0 Å². The largest absolute Gasteiger partial charge is 0.499 e. The molecular weight excluding hydrogens is 253 g/mol. The summed E-state index contributed by atoms with van der Waals surface area (Å²) in [7, 11) is -0.343. The second kappa shape index (κ2) is 4.23. The summed E-state index contributed by atoms with van der Waals surface area (Å²) in [5.74, 6) is 1.57. The highest BCUT2D eigenvalue weighted by molar-refractivity contribution is 6.64. The minimum absolute atomic E-state index is 0.0666. The van der Waals surface area contributed by atoms with E-state index in [1.54, 1.807) is 0 Å². The molecule has 20 heavy (non-hydrogen) atoms. The first-order valence-electron chi connectivity index (χ1n) is 7.42. The Morgan fingerprint density at radius 3 is 2.85 bits per heavy atom. The smallest absolute Gasteiger partial charge is 0.491 e. The molecule has 0 unspecified atom stereocenters. The van der Waals surface area contributed by atoms with E-state index in [4.69, 9.17) is 19.8 Å². The summed E-state index contributed by atoms with van der Waals surface area (Å²) in [6, 6.07) is 4.27. The van der Waals surface area contributed by atoms with Crippen molar-refractivity contribution < 1.29 is 14.0 Å². The van der Waals surface area contributed by atoms with E-state index in [1.165, 1.54) is 24.0 Å². The lowest BCUT2D eigenvalue weighted by Crippen LogP contribution is -2.40. The number of ether oxygens (including phenoxy) is 1. The molecule has 1 aliphatic carbocycles. The Balaban J connectivity index is 1.86. The molecule has 2 aliphatic heterocycles. The van der Waals surface area contributed by atoms with Crippen LogP contribution in [0.1, 0.15) is 49.8 Å². The highest BCUT2D eigenvalue weighted by Gasteiger charge is 2.47. The lowest BCUT2D eigenvalue weighted by Gasteiger charge is -2.25. The third-order valence-electron chi connectivity index (χ3n) is 4.36. The van der Waals surface area contributed by atoms with Gasteiger partial charge in [-0.3, -0.25) is 0 Å². The zero-order valence-corrected chi connectivity index (χ0v) is 12.0. The molecule has 2 N–H and O–H groups in total. The van der Waals surface area contributed by atoms with Crippen molar-refractivity contribution in [2.45, 2.75) is 44.3 Å². The average molecular weight is 273 g/mol. The zero-order chi connectivity index (χ0) is 13.9. The summed E-state index contributed by atoms with van der Waals surface area (Å²) in [6.07, 6.45) is 2.46. The van der Waals surface area contributed by atoms with Crippen molar-refractivity contribution in [3.05, 3.63) is 23.3 Å². The zero-order valence-electron chi connectivity index (χ0n) is 12.0. The maximum Gasteiger partial charge on any atom is 0.499 e. The molecule has 1 aromatic rings. The fourth-order valence-electron chi connectivity index (χ4n) is 3.23. The van der Waals surface area contributed by atoms with Crippen molar-refractivity contribution in [2.75, 3.05) is 13.2 Å². The molecule has 1 atom stereocenters. The van der Waals surface area contributed by atoms with Gasteiger partial charge in [-0.15, -0.1) is 0 Å². The molecule has 0 bridgehead atoms. The van der Waals surface area contributed by atoms with Crippen molar-refractivity contribution in [2.24, 2.45) is 5.73 Å². The minimum atomic E-state index is -0.357. The fraction of sp³-hybridized carbons (Fsp3) is 0.600. The summed E-state index contributed by atoms with van der Waals surface area (Å²) >= 11 is 0. The van der Waals surface area contributed by atoms with E-state index in [-0.39, 0.29) is 18.8 Å². The van der Waals surface area contributed by atoms with Crippen LogP contribution in [0.4, 0.5) is 0 Å². The molecule has 1 fully saturated rings. The Kier molecular flexibility index (Phi) is 2.68. The molecule has 0 spiro atoms. The SMILES string of the molecule is CC1(C)COc2ccc(C3CC3)c3c2B(O[C@@H]3CN)O1. The Labute approximate surface area is 119 Å². The summed E-state index contributed by atoms with van der Waals surface area (Å²) in [5, 5.41) is 0. The van der Waals surface area contributed by atoms with E-state index in [0.717, 1.165) is 11.2 Å². The lowest BCUT2D eigenvalue weighted by atomic mass is 9.75. The molecule has 0 radical (unpaired) electrons. The van der Waals surface area contributed by atoms with Crippen LogP contribution in [-0.4, -0.2) is 25.9 Å². The average Bonchev–Trinajstić information content (AvgIpc) is 3.20. The van der Waals surface area contributed by atoms with Crippen LogP contribution in [0.3, 0.4) is 0 Å². The second-order valence-electron chi connectivity index (χ2n) is 6.61. The third-order valence-corrected chi connectivity index (χ3v) is 4.36. The predicted molar refractivity (Wildman–Crippen MR) is 77.3 cm³/mol. The summed E-state index contributed by atoms with van der Waals surface area (Å²) < 4.78 is 18.1. The van der Waals surface area contributed by atoms with E-state index in [9.17, 15) is 0 Å². The van der Waals surface area contributed by atoms with Crippen LogP contribution in [0.2, 0.25) is 0 Å². The first kappa shape index (κ1) is 12.7. The molecule has 4 nitrogen and oxygen atoms in total. The molecule has 5 heteroatoms. The molecule has 106 valence electrons. The number of nitrogens with two attached hydrogens (primary N) is 1. The Bertz CT molecular complexity index is 556. The van der Waals surface area contributed by atoms with Crippen molar-refractivity contribution in [1.82, 2.24) is 0 Å². The first-order chi connectivity index (χ1) is 9.59. The third kappa shape index (κ3) is 1.88. The Morgan fingerprint density at radius 2 is 2.15 bits per heavy atom. The van der Waals surface area contributed by atoms with Crippen LogP contribution in [-0.2, 0) is 9.31 Å². The molecule has 3 aliphatic rings. The Hall–Kier alpha value is -1.04. The van der Waals surface area contributed by atoms with Gasteiger partial charge in [-0.1, -0.05) is 6.07 Å². The standard InChI is InChI=1S/C15H20BNO3/c1-15(2)8-18-11-6-5-10(9-3-4-9)13-12(7-17)19-16(20-15)14(11)13/h5-6,9,12H,3-4,7-8,17H2,1-2H3/t12-/m1/s1. The molecule has 2 heterocycles. The van der Waals surface area contributed by atoms with Crippen LogP contribution in [0.5, 0.6) is 5.75 Å². The molecule has 0 amide bonds. The summed E-state index contributed by atoms with van der Waals surface area (Å²) in [4.78, 5) is 0. The van der Waals surface area contributed by atoms with Gasteiger partial charge in [0.25, 0.3) is 0 Å². The van der Waals surface area contributed by atoms with Crippen molar-refractivity contribution in [1.29, 1.82) is 0 Å². The fourth-order valence-corrected chi connectivity index (χ4v) is 3.23. The van der Waals surface area contributed by atoms with Gasteiger partial charge in [-0.2, -0.15) is 0 Å². The van der Waals surface area contributed by atoms with Crippen LogP contribution in [0.15, 0.2) is 12.1 Å². The summed E-state index contributed by atoms with van der Waals surface area (Å²) in [6.45, 7) is 5.07. The van der Waals surface area contributed by atoms with Crippen molar-refractivity contribution in [3.8, 4) is 5.75 Å². The highest BCUT2D eigenvalue weighted by atomic mass is 16.6. The predicted octanol–water partition coefficient (Wildman–Crippen LogP) is 1.48. The van der Waals surface area contributed by atoms with Gasteiger partial charge in [0.2, 0.25) is 0 Å². The monoisotopic (exact) mass is 273 g/mol. The molecule has 4 rings (SSSR count). The van der Waals surface area contributed by atoms with Crippen LogP contribution >= 0.6 is 0 Å². The van der Waals surface area contributed by atoms with Gasteiger partial charge in [0.05, 0.1) is 11.7 Å². The molecule has 1 saturated carbocycles. The quantitative estimate of drug-likeness (QED) is 0.829. The van der Waals surface area contributed by atoms with E-state index < -0.39 is 0 Å².